The Morgan fingerprint density at radius 2 is 1.46 bits per heavy atom. The van der Waals surface area contributed by atoms with Crippen LogP contribution in [0.5, 0.6) is 0 Å². The third-order valence-corrected chi connectivity index (χ3v) is 5.62. The van der Waals surface area contributed by atoms with Crippen molar-refractivity contribution < 1.29 is 13.3 Å². The molecule has 0 saturated carbocycles. The monoisotopic (exact) mass is 368 g/mol. The predicted molar refractivity (Wildman–Crippen MR) is 99.3 cm³/mol. The first-order valence-electron chi connectivity index (χ1n) is 7.84. The zero-order valence-electron chi connectivity index (χ0n) is 13.7. The van der Waals surface area contributed by atoms with Crippen molar-refractivity contribution in [3.05, 3.63) is 101 Å². The quantitative estimate of drug-likeness (QED) is 0.487. The molecule has 3 aromatic rings. The van der Waals surface area contributed by atoms with Crippen LogP contribution in [0.3, 0.4) is 0 Å². The molecule has 0 amide bonds. The third kappa shape index (κ3) is 3.73. The van der Waals surface area contributed by atoms with Crippen LogP contribution in [-0.2, 0) is 16.6 Å². The van der Waals surface area contributed by atoms with Gasteiger partial charge in [-0.3, -0.25) is 14.4 Å². The van der Waals surface area contributed by atoms with E-state index in [-0.39, 0.29) is 22.8 Å². The summed E-state index contributed by atoms with van der Waals surface area (Å²) in [6.45, 7) is 0.0687. The van der Waals surface area contributed by atoms with Crippen molar-refractivity contribution in [2.75, 3.05) is 4.31 Å². The molecule has 0 aliphatic heterocycles. The van der Waals surface area contributed by atoms with E-state index in [1.165, 1.54) is 34.6 Å². The lowest BCUT2D eigenvalue weighted by Gasteiger charge is -2.24. The lowest BCUT2D eigenvalue weighted by atomic mass is 10.2. The molecule has 0 aliphatic rings. The molecule has 0 fully saturated rings. The number of nitro groups is 1. The van der Waals surface area contributed by atoms with Crippen molar-refractivity contribution >= 4 is 21.4 Å². The molecule has 0 saturated heterocycles. The van der Waals surface area contributed by atoms with Crippen LogP contribution in [0.25, 0.3) is 0 Å². The van der Waals surface area contributed by atoms with Crippen LogP contribution < -0.4 is 4.31 Å². The van der Waals surface area contributed by atoms with Crippen molar-refractivity contribution in [2.45, 2.75) is 11.4 Å². The van der Waals surface area contributed by atoms with Crippen LogP contribution in [0.1, 0.15) is 5.56 Å². The second kappa shape index (κ2) is 7.37. The molecule has 3 rings (SSSR count). The van der Waals surface area contributed by atoms with Crippen molar-refractivity contribution in [3.8, 4) is 0 Å². The van der Waals surface area contributed by atoms with Crippen molar-refractivity contribution in [2.24, 2.45) is 0 Å². The van der Waals surface area contributed by atoms with Crippen LogP contribution in [0, 0.1) is 10.1 Å². The summed E-state index contributed by atoms with van der Waals surface area (Å²) in [7, 11) is -3.88. The van der Waals surface area contributed by atoms with E-state index >= 15 is 0 Å². The van der Waals surface area contributed by atoms with Crippen LogP contribution in [-0.4, -0.2) is 13.3 Å². The second-order valence-electron chi connectivity index (χ2n) is 5.59. The number of anilines is 1. The zero-order chi connectivity index (χ0) is 18.6. The van der Waals surface area contributed by atoms with Gasteiger partial charge in [-0.25, -0.2) is 8.42 Å². The van der Waals surface area contributed by atoms with Gasteiger partial charge in [-0.2, -0.15) is 0 Å². The molecule has 0 spiro atoms. The number of non-ortho nitro benzene ring substituents is 1. The van der Waals surface area contributed by atoms with E-state index in [0.29, 0.717) is 0 Å². The van der Waals surface area contributed by atoms with Gasteiger partial charge in [0.25, 0.3) is 15.7 Å². The van der Waals surface area contributed by atoms with Crippen molar-refractivity contribution in [1.82, 2.24) is 0 Å². The molecule has 7 heteroatoms. The van der Waals surface area contributed by atoms with Gasteiger partial charge in [-0.15, -0.1) is 0 Å². The van der Waals surface area contributed by atoms with Crippen molar-refractivity contribution in [1.29, 1.82) is 0 Å². The minimum absolute atomic E-state index is 0.0687. The first-order valence-corrected chi connectivity index (χ1v) is 9.28. The van der Waals surface area contributed by atoms with Gasteiger partial charge in [0.05, 0.1) is 22.1 Å². The maximum atomic E-state index is 13.2. The van der Waals surface area contributed by atoms with Gasteiger partial charge in [-0.05, 0) is 23.8 Å². The van der Waals surface area contributed by atoms with E-state index in [1.807, 2.05) is 30.3 Å². The summed E-state index contributed by atoms with van der Waals surface area (Å²) in [4.78, 5) is 10.7. The number of nitrogens with zero attached hydrogens (tertiary/aromatic N) is 2. The average Bonchev–Trinajstić information content (AvgIpc) is 2.67. The highest BCUT2D eigenvalue weighted by atomic mass is 32.2. The first-order chi connectivity index (χ1) is 12.5. The number of hydrogen-bond acceptors (Lipinski definition) is 4. The molecule has 0 aromatic heterocycles. The number of sulfonamides is 1. The number of benzene rings is 3. The van der Waals surface area contributed by atoms with E-state index in [1.54, 1.807) is 24.3 Å². The molecule has 0 heterocycles. The van der Waals surface area contributed by atoms with E-state index in [2.05, 4.69) is 0 Å². The van der Waals surface area contributed by atoms with Crippen LogP contribution >= 0.6 is 0 Å². The molecule has 26 heavy (non-hydrogen) atoms. The zero-order valence-corrected chi connectivity index (χ0v) is 14.5. The maximum absolute atomic E-state index is 13.2. The Hall–Kier alpha value is -3.19. The molecular weight excluding hydrogens is 352 g/mol. The minimum Gasteiger partial charge on any atom is -0.262 e. The molecule has 3 aromatic carbocycles. The SMILES string of the molecule is O=[N+]([O-])c1cccc(N(Cc2ccccc2)S(=O)(=O)c2ccccc2)c1. The Bertz CT molecular complexity index is 1010. The molecule has 0 atom stereocenters. The Labute approximate surface area is 151 Å². The molecule has 0 aliphatic carbocycles. The van der Waals surface area contributed by atoms with E-state index in [9.17, 15) is 18.5 Å². The Kier molecular flexibility index (Phi) is 4.99. The normalized spacial score (nSPS) is 11.1. The fourth-order valence-corrected chi connectivity index (χ4v) is 4.01. The van der Waals surface area contributed by atoms with E-state index in [0.717, 1.165) is 5.56 Å². The minimum atomic E-state index is -3.88. The highest BCUT2D eigenvalue weighted by molar-refractivity contribution is 7.92. The molecule has 0 radical (unpaired) electrons. The summed E-state index contributed by atoms with van der Waals surface area (Å²) in [5, 5.41) is 11.1. The molecule has 0 bridgehead atoms. The van der Waals surface area contributed by atoms with Crippen LogP contribution in [0.4, 0.5) is 11.4 Å². The molecule has 0 N–H and O–H groups in total. The average molecular weight is 368 g/mol. The lowest BCUT2D eigenvalue weighted by molar-refractivity contribution is -0.384. The topological polar surface area (TPSA) is 80.5 Å². The van der Waals surface area contributed by atoms with Gasteiger partial charge in [-0.1, -0.05) is 54.6 Å². The second-order valence-corrected chi connectivity index (χ2v) is 7.45. The fraction of sp³-hybridized carbons (Fsp3) is 0.0526. The van der Waals surface area contributed by atoms with Gasteiger partial charge in [0.1, 0.15) is 0 Å². The van der Waals surface area contributed by atoms with Crippen molar-refractivity contribution in [3.63, 3.8) is 0 Å². The lowest BCUT2D eigenvalue weighted by Crippen LogP contribution is -2.30. The van der Waals surface area contributed by atoms with Crippen LogP contribution in [0.2, 0.25) is 0 Å². The summed E-state index contributed by atoms with van der Waals surface area (Å²) in [5.74, 6) is 0. The maximum Gasteiger partial charge on any atom is 0.271 e. The van der Waals surface area contributed by atoms with E-state index in [4.69, 9.17) is 0 Å². The molecular formula is C19H16N2O4S. The number of nitro benzene ring substituents is 1. The van der Waals surface area contributed by atoms with Gasteiger partial charge in [0.2, 0.25) is 0 Å². The summed E-state index contributed by atoms with van der Waals surface area (Å²) < 4.78 is 27.5. The first kappa shape index (κ1) is 17.6. The molecule has 6 nitrogen and oxygen atoms in total. The Balaban J connectivity index is 2.11. The van der Waals surface area contributed by atoms with Crippen LogP contribution in [0.15, 0.2) is 89.8 Å². The van der Waals surface area contributed by atoms with E-state index < -0.39 is 14.9 Å². The van der Waals surface area contributed by atoms with Gasteiger partial charge < -0.3 is 0 Å². The number of rotatable bonds is 6. The third-order valence-electron chi connectivity index (χ3n) is 3.83. The number of hydrogen-bond donors (Lipinski definition) is 0. The molecule has 0 unspecified atom stereocenters. The smallest absolute Gasteiger partial charge is 0.262 e. The predicted octanol–water partition coefficient (Wildman–Crippen LogP) is 3.99. The standard InChI is InChI=1S/C19H16N2O4S/c22-21(23)18-11-7-10-17(14-18)20(15-16-8-3-1-4-9-16)26(24,25)19-12-5-2-6-13-19/h1-14H,15H2. The van der Waals surface area contributed by atoms with Gasteiger partial charge >= 0.3 is 0 Å². The largest absolute Gasteiger partial charge is 0.271 e. The summed E-state index contributed by atoms with van der Waals surface area (Å²) in [6, 6.07) is 22.7. The Morgan fingerprint density at radius 3 is 2.08 bits per heavy atom. The Morgan fingerprint density at radius 1 is 0.846 bits per heavy atom. The summed E-state index contributed by atoms with van der Waals surface area (Å²) in [5.41, 5.74) is 0.856. The van der Waals surface area contributed by atoms with Gasteiger partial charge in [0, 0.05) is 12.1 Å². The fourth-order valence-electron chi connectivity index (χ4n) is 2.55. The molecule has 132 valence electrons. The summed E-state index contributed by atoms with van der Waals surface area (Å²) in [6.07, 6.45) is 0. The highest BCUT2D eigenvalue weighted by Crippen LogP contribution is 2.28. The van der Waals surface area contributed by atoms with Gasteiger partial charge in [0.15, 0.2) is 0 Å². The highest BCUT2D eigenvalue weighted by Gasteiger charge is 2.26. The summed E-state index contributed by atoms with van der Waals surface area (Å²) >= 11 is 0.